The lowest BCUT2D eigenvalue weighted by atomic mass is 10.0. The molecule has 0 unspecified atom stereocenters. The zero-order valence-corrected chi connectivity index (χ0v) is 17.0. The summed E-state index contributed by atoms with van der Waals surface area (Å²) in [6.45, 7) is 9.82. The molecule has 0 radical (unpaired) electrons. The Kier molecular flexibility index (Phi) is 5.27. The molecule has 0 saturated carbocycles. The molecule has 2 amide bonds. The molecular formula is C23H26N2O3. The first-order chi connectivity index (χ1) is 13.1. The molecule has 0 aliphatic carbocycles. The summed E-state index contributed by atoms with van der Waals surface area (Å²) < 4.78 is 5.61. The summed E-state index contributed by atoms with van der Waals surface area (Å²) in [5.41, 5.74) is 4.47. The molecule has 0 saturated heterocycles. The van der Waals surface area contributed by atoms with Gasteiger partial charge in [0.25, 0.3) is 5.91 Å². The third-order valence-electron chi connectivity index (χ3n) is 4.56. The first-order valence-electron chi connectivity index (χ1n) is 9.33. The molecule has 0 atom stereocenters. The Morgan fingerprint density at radius 2 is 1.71 bits per heavy atom. The third-order valence-corrected chi connectivity index (χ3v) is 4.56. The minimum atomic E-state index is -0.361. The van der Waals surface area contributed by atoms with Crippen molar-refractivity contribution in [3.63, 3.8) is 0 Å². The van der Waals surface area contributed by atoms with Crippen LogP contribution in [0.15, 0.2) is 47.1 Å². The Labute approximate surface area is 165 Å². The number of furan rings is 1. The van der Waals surface area contributed by atoms with Gasteiger partial charge in [0, 0.05) is 16.5 Å². The summed E-state index contributed by atoms with van der Waals surface area (Å²) in [7, 11) is 0. The van der Waals surface area contributed by atoms with E-state index in [9.17, 15) is 9.59 Å². The molecule has 0 bridgehead atoms. The number of carbonyl (C=O) groups excluding carboxylic acids is 2. The Bertz CT molecular complexity index is 1040. The average molecular weight is 378 g/mol. The number of fused-ring (bicyclic) bond motifs is 1. The smallest absolute Gasteiger partial charge is 0.253 e. The summed E-state index contributed by atoms with van der Waals surface area (Å²) in [5, 5.41) is 6.73. The molecule has 0 aliphatic rings. The number of carbonyl (C=O) groups is 2. The molecule has 1 heterocycles. The van der Waals surface area contributed by atoms with Gasteiger partial charge in [0.1, 0.15) is 5.58 Å². The summed E-state index contributed by atoms with van der Waals surface area (Å²) >= 11 is 0. The first-order valence-corrected chi connectivity index (χ1v) is 9.33. The van der Waals surface area contributed by atoms with E-state index in [-0.39, 0.29) is 23.8 Å². The molecule has 2 aromatic carbocycles. The molecule has 146 valence electrons. The van der Waals surface area contributed by atoms with Gasteiger partial charge in [0.2, 0.25) is 5.91 Å². The van der Waals surface area contributed by atoms with E-state index in [1.54, 1.807) is 30.5 Å². The predicted molar refractivity (Wildman–Crippen MR) is 112 cm³/mol. The number of anilines is 1. The monoisotopic (exact) mass is 378 g/mol. The number of hydrogen-bond donors (Lipinski definition) is 2. The fourth-order valence-corrected chi connectivity index (χ4v) is 3.04. The normalized spacial score (nSPS) is 11.5. The van der Waals surface area contributed by atoms with Gasteiger partial charge in [-0.3, -0.25) is 9.59 Å². The van der Waals surface area contributed by atoms with Gasteiger partial charge in [-0.15, -0.1) is 0 Å². The van der Waals surface area contributed by atoms with Crippen LogP contribution in [0.3, 0.4) is 0 Å². The van der Waals surface area contributed by atoms with E-state index in [1.807, 2.05) is 46.8 Å². The van der Waals surface area contributed by atoms with E-state index < -0.39 is 0 Å². The summed E-state index contributed by atoms with van der Waals surface area (Å²) in [6.07, 6.45) is 1.80. The Balaban J connectivity index is 1.79. The van der Waals surface area contributed by atoms with E-state index in [0.717, 1.165) is 27.7 Å². The number of aryl methyl sites for hydroxylation is 2. The number of benzene rings is 2. The maximum atomic E-state index is 12.7. The molecule has 3 aromatic rings. The van der Waals surface area contributed by atoms with Crippen molar-refractivity contribution in [2.24, 2.45) is 0 Å². The second kappa shape index (κ2) is 7.50. The van der Waals surface area contributed by atoms with Crippen molar-refractivity contribution in [3.05, 3.63) is 64.9 Å². The van der Waals surface area contributed by atoms with Crippen LogP contribution in [0.4, 0.5) is 5.69 Å². The number of nitrogens with one attached hydrogen (secondary N) is 2. The SMILES string of the molecule is Cc1cc2occ(CC(=O)Nc3ccccc3C(=O)NC(C)(C)C)c2cc1C. The molecule has 5 heteroatoms. The van der Waals surface area contributed by atoms with E-state index in [1.165, 1.54) is 0 Å². The van der Waals surface area contributed by atoms with Gasteiger partial charge in [-0.25, -0.2) is 0 Å². The van der Waals surface area contributed by atoms with Gasteiger partial charge in [-0.2, -0.15) is 0 Å². The van der Waals surface area contributed by atoms with Crippen LogP contribution in [0, 0.1) is 13.8 Å². The van der Waals surface area contributed by atoms with E-state index in [0.29, 0.717) is 11.3 Å². The quantitative estimate of drug-likeness (QED) is 0.688. The van der Waals surface area contributed by atoms with Gasteiger partial charge in [-0.05, 0) is 70.0 Å². The van der Waals surface area contributed by atoms with Gasteiger partial charge in [0.15, 0.2) is 0 Å². The first kappa shape index (κ1) is 19.7. The highest BCUT2D eigenvalue weighted by molar-refractivity contribution is 6.04. The molecule has 0 aliphatic heterocycles. The minimum Gasteiger partial charge on any atom is -0.464 e. The zero-order chi connectivity index (χ0) is 20.5. The lowest BCUT2D eigenvalue weighted by Gasteiger charge is -2.21. The molecule has 0 fully saturated rings. The predicted octanol–water partition coefficient (Wildman–Crippen LogP) is 4.76. The molecule has 2 N–H and O–H groups in total. The van der Waals surface area contributed by atoms with Crippen LogP contribution in [0.25, 0.3) is 11.0 Å². The summed E-state index contributed by atoms with van der Waals surface area (Å²) in [4.78, 5) is 25.2. The highest BCUT2D eigenvalue weighted by atomic mass is 16.3. The van der Waals surface area contributed by atoms with Crippen molar-refractivity contribution in [3.8, 4) is 0 Å². The standard InChI is InChI=1S/C23H26N2O3/c1-14-10-18-16(13-28-20(18)11-15(14)2)12-21(26)24-19-9-7-6-8-17(19)22(27)25-23(3,4)5/h6-11,13H,12H2,1-5H3,(H,24,26)(H,25,27). The largest absolute Gasteiger partial charge is 0.464 e. The van der Waals surface area contributed by atoms with Crippen molar-refractivity contribution >= 4 is 28.5 Å². The van der Waals surface area contributed by atoms with Crippen molar-refractivity contribution < 1.29 is 14.0 Å². The van der Waals surface area contributed by atoms with Crippen LogP contribution in [-0.2, 0) is 11.2 Å². The van der Waals surface area contributed by atoms with Crippen molar-refractivity contribution in [2.45, 2.75) is 46.6 Å². The van der Waals surface area contributed by atoms with Crippen LogP contribution in [0.5, 0.6) is 0 Å². The van der Waals surface area contributed by atoms with Crippen LogP contribution >= 0.6 is 0 Å². The number of rotatable bonds is 4. The van der Waals surface area contributed by atoms with E-state index in [4.69, 9.17) is 4.42 Å². The van der Waals surface area contributed by atoms with Crippen LogP contribution in [0.1, 0.15) is 47.8 Å². The molecule has 0 spiro atoms. The maximum absolute atomic E-state index is 12.7. The second-order valence-electron chi connectivity index (χ2n) is 8.17. The Morgan fingerprint density at radius 3 is 2.43 bits per heavy atom. The highest BCUT2D eigenvalue weighted by Crippen LogP contribution is 2.25. The van der Waals surface area contributed by atoms with Gasteiger partial charge >= 0.3 is 0 Å². The van der Waals surface area contributed by atoms with Crippen LogP contribution < -0.4 is 10.6 Å². The molecule has 28 heavy (non-hydrogen) atoms. The lowest BCUT2D eigenvalue weighted by Crippen LogP contribution is -2.40. The zero-order valence-electron chi connectivity index (χ0n) is 17.0. The number of amides is 2. The average Bonchev–Trinajstić information content (AvgIpc) is 2.96. The van der Waals surface area contributed by atoms with E-state index >= 15 is 0 Å². The molecule has 5 nitrogen and oxygen atoms in total. The van der Waals surface area contributed by atoms with Crippen LogP contribution in [-0.4, -0.2) is 17.4 Å². The number of hydrogen-bond acceptors (Lipinski definition) is 3. The van der Waals surface area contributed by atoms with Gasteiger partial charge in [-0.1, -0.05) is 12.1 Å². The maximum Gasteiger partial charge on any atom is 0.253 e. The highest BCUT2D eigenvalue weighted by Gasteiger charge is 2.19. The summed E-state index contributed by atoms with van der Waals surface area (Å²) in [5.74, 6) is -0.416. The number of para-hydroxylation sites is 1. The fraction of sp³-hybridized carbons (Fsp3) is 0.304. The minimum absolute atomic E-state index is 0.171. The van der Waals surface area contributed by atoms with Crippen molar-refractivity contribution in [1.82, 2.24) is 5.32 Å². The van der Waals surface area contributed by atoms with E-state index in [2.05, 4.69) is 10.6 Å². The topological polar surface area (TPSA) is 71.3 Å². The van der Waals surface area contributed by atoms with Crippen molar-refractivity contribution in [1.29, 1.82) is 0 Å². The Morgan fingerprint density at radius 1 is 1.04 bits per heavy atom. The fourth-order valence-electron chi connectivity index (χ4n) is 3.04. The van der Waals surface area contributed by atoms with Crippen LogP contribution in [0.2, 0.25) is 0 Å². The molecule has 1 aromatic heterocycles. The lowest BCUT2D eigenvalue weighted by molar-refractivity contribution is -0.115. The summed E-state index contributed by atoms with van der Waals surface area (Å²) in [6, 6.07) is 11.0. The van der Waals surface area contributed by atoms with Crippen molar-refractivity contribution in [2.75, 3.05) is 5.32 Å². The molecular weight excluding hydrogens is 352 g/mol. The second-order valence-corrected chi connectivity index (χ2v) is 8.17. The third kappa shape index (κ3) is 4.42. The van der Waals surface area contributed by atoms with Gasteiger partial charge in [0.05, 0.1) is 23.9 Å². The molecule has 3 rings (SSSR count). The van der Waals surface area contributed by atoms with Gasteiger partial charge < -0.3 is 15.1 Å². The Hall–Kier alpha value is -3.08.